The topological polar surface area (TPSA) is 128 Å². The van der Waals surface area contributed by atoms with Gasteiger partial charge in [0, 0.05) is 13.1 Å². The largest absolute Gasteiger partial charge is 0.508 e. The van der Waals surface area contributed by atoms with Gasteiger partial charge in [0.15, 0.2) is 0 Å². The van der Waals surface area contributed by atoms with Gasteiger partial charge in [0.1, 0.15) is 23.4 Å². The predicted molar refractivity (Wildman–Crippen MR) is 126 cm³/mol. The molecule has 9 nitrogen and oxygen atoms in total. The molecule has 0 aliphatic rings. The van der Waals surface area contributed by atoms with Gasteiger partial charge in [-0.05, 0) is 64.3 Å². The highest BCUT2D eigenvalue weighted by atomic mass is 16.6. The predicted octanol–water partition coefficient (Wildman–Crippen LogP) is 2.78. The number of amides is 3. The zero-order valence-electron chi connectivity index (χ0n) is 20.6. The number of phenolic OH excluding ortho intramolecular Hbond substituents is 1. The molecule has 0 aliphatic carbocycles. The molecular formula is C24H39N3O6. The molecule has 0 spiro atoms. The zero-order chi connectivity index (χ0) is 25.2. The number of benzene rings is 1. The third-order valence-corrected chi connectivity index (χ3v) is 4.97. The summed E-state index contributed by atoms with van der Waals surface area (Å²) in [6.07, 6.45) is 1.94. The van der Waals surface area contributed by atoms with Crippen molar-refractivity contribution in [3.63, 3.8) is 0 Å². The van der Waals surface area contributed by atoms with Crippen molar-refractivity contribution in [3.8, 4) is 5.75 Å². The van der Waals surface area contributed by atoms with Gasteiger partial charge in [0.25, 0.3) is 0 Å². The zero-order valence-corrected chi connectivity index (χ0v) is 20.6. The van der Waals surface area contributed by atoms with Crippen LogP contribution >= 0.6 is 0 Å². The Balaban J connectivity index is 3.22. The standard InChI is InChI=1S/C24H39N3O6/c1-7-9-10-13-25-21(30)20(17-11-12-19(29)16(3)14-17)27(8-2)22(31)18(15-28)26-23(32)33-24(4,5)6/h11-12,14,18,20,28-29H,7-10,13,15H2,1-6H3,(H,25,30)(H,26,32). The van der Waals surface area contributed by atoms with Gasteiger partial charge in [-0.25, -0.2) is 4.79 Å². The van der Waals surface area contributed by atoms with E-state index in [-0.39, 0.29) is 18.2 Å². The van der Waals surface area contributed by atoms with Crippen LogP contribution in [0.4, 0.5) is 4.79 Å². The van der Waals surface area contributed by atoms with Crippen LogP contribution in [0.15, 0.2) is 18.2 Å². The summed E-state index contributed by atoms with van der Waals surface area (Å²) in [4.78, 5) is 40.0. The van der Waals surface area contributed by atoms with E-state index in [2.05, 4.69) is 17.6 Å². The van der Waals surface area contributed by atoms with Crippen molar-refractivity contribution in [2.75, 3.05) is 19.7 Å². The first-order chi connectivity index (χ1) is 15.4. The van der Waals surface area contributed by atoms with E-state index in [1.165, 1.54) is 11.0 Å². The molecule has 1 aromatic rings. The average molecular weight is 466 g/mol. The second-order valence-corrected chi connectivity index (χ2v) is 8.95. The Morgan fingerprint density at radius 3 is 2.33 bits per heavy atom. The van der Waals surface area contributed by atoms with Crippen LogP contribution in [0.5, 0.6) is 5.75 Å². The van der Waals surface area contributed by atoms with E-state index in [9.17, 15) is 24.6 Å². The molecule has 2 unspecified atom stereocenters. The molecule has 0 fully saturated rings. The third-order valence-electron chi connectivity index (χ3n) is 4.97. The highest BCUT2D eigenvalue weighted by Gasteiger charge is 2.35. The molecule has 1 aromatic carbocycles. The van der Waals surface area contributed by atoms with Crippen molar-refractivity contribution in [1.82, 2.24) is 15.5 Å². The number of rotatable bonds is 11. The summed E-state index contributed by atoms with van der Waals surface area (Å²) < 4.78 is 5.19. The van der Waals surface area contributed by atoms with Crippen LogP contribution in [0.2, 0.25) is 0 Å². The second kappa shape index (κ2) is 13.0. The van der Waals surface area contributed by atoms with Crippen LogP contribution in [0, 0.1) is 6.92 Å². The number of aliphatic hydroxyl groups excluding tert-OH is 1. The molecule has 0 radical (unpaired) electrons. The molecule has 9 heteroatoms. The van der Waals surface area contributed by atoms with Crippen molar-refractivity contribution in [1.29, 1.82) is 0 Å². The van der Waals surface area contributed by atoms with Crippen LogP contribution in [0.3, 0.4) is 0 Å². The smallest absolute Gasteiger partial charge is 0.408 e. The maximum atomic E-state index is 13.3. The molecule has 3 amide bonds. The lowest BCUT2D eigenvalue weighted by molar-refractivity contribution is -0.143. The summed E-state index contributed by atoms with van der Waals surface area (Å²) in [6.45, 7) is 10.5. The molecule has 0 saturated heterocycles. The van der Waals surface area contributed by atoms with Gasteiger partial charge < -0.3 is 30.5 Å². The molecule has 0 bridgehead atoms. The molecule has 1 rings (SSSR count). The number of unbranched alkanes of at least 4 members (excludes halogenated alkanes) is 2. The minimum atomic E-state index is -1.28. The van der Waals surface area contributed by atoms with Gasteiger partial charge in [-0.15, -0.1) is 0 Å². The van der Waals surface area contributed by atoms with Crippen LogP contribution in [-0.2, 0) is 14.3 Å². The number of aromatic hydroxyl groups is 1. The van der Waals surface area contributed by atoms with Crippen molar-refractivity contribution in [2.24, 2.45) is 0 Å². The van der Waals surface area contributed by atoms with Crippen LogP contribution in [-0.4, -0.2) is 64.4 Å². The second-order valence-electron chi connectivity index (χ2n) is 8.95. The van der Waals surface area contributed by atoms with Gasteiger partial charge in [0.05, 0.1) is 6.61 Å². The van der Waals surface area contributed by atoms with E-state index in [0.717, 1.165) is 19.3 Å². The number of likely N-dealkylation sites (N-methyl/N-ethyl adjacent to an activating group) is 1. The molecule has 0 aromatic heterocycles. The molecule has 2 atom stereocenters. The van der Waals surface area contributed by atoms with Crippen LogP contribution < -0.4 is 10.6 Å². The summed E-state index contributed by atoms with van der Waals surface area (Å²) in [5, 5.41) is 25.0. The molecular weight excluding hydrogens is 426 g/mol. The minimum Gasteiger partial charge on any atom is -0.508 e. The highest BCUT2D eigenvalue weighted by molar-refractivity contribution is 5.92. The van der Waals surface area contributed by atoms with E-state index in [1.807, 2.05) is 0 Å². The Morgan fingerprint density at radius 1 is 1.15 bits per heavy atom. The molecule has 0 saturated carbocycles. The number of ether oxygens (including phenoxy) is 1. The van der Waals surface area contributed by atoms with Gasteiger partial charge in [-0.3, -0.25) is 9.59 Å². The lowest BCUT2D eigenvalue weighted by Crippen LogP contribution is -2.54. The lowest BCUT2D eigenvalue weighted by Gasteiger charge is -2.33. The van der Waals surface area contributed by atoms with Gasteiger partial charge in [0.2, 0.25) is 11.8 Å². The average Bonchev–Trinajstić information content (AvgIpc) is 2.73. The Morgan fingerprint density at radius 2 is 1.82 bits per heavy atom. The summed E-state index contributed by atoms with van der Waals surface area (Å²) in [7, 11) is 0. The molecule has 186 valence electrons. The number of hydrogen-bond acceptors (Lipinski definition) is 6. The fourth-order valence-electron chi connectivity index (χ4n) is 3.31. The Kier molecular flexibility index (Phi) is 11.1. The van der Waals surface area contributed by atoms with Crippen molar-refractivity contribution >= 4 is 17.9 Å². The first-order valence-electron chi connectivity index (χ1n) is 11.4. The number of aliphatic hydroxyl groups is 1. The summed E-state index contributed by atoms with van der Waals surface area (Å²) >= 11 is 0. The number of carbonyl (C=O) groups is 3. The van der Waals surface area contributed by atoms with Crippen molar-refractivity contribution in [3.05, 3.63) is 29.3 Å². The molecule has 0 heterocycles. The van der Waals surface area contributed by atoms with E-state index >= 15 is 0 Å². The van der Waals surface area contributed by atoms with Crippen LogP contribution in [0.25, 0.3) is 0 Å². The molecule has 0 aliphatic heterocycles. The number of nitrogens with one attached hydrogen (secondary N) is 2. The Hall–Kier alpha value is -2.81. The first kappa shape index (κ1) is 28.2. The van der Waals surface area contributed by atoms with Gasteiger partial charge in [-0.2, -0.15) is 0 Å². The van der Waals surface area contributed by atoms with E-state index in [1.54, 1.807) is 46.8 Å². The maximum Gasteiger partial charge on any atom is 0.408 e. The summed E-state index contributed by atoms with van der Waals surface area (Å²) in [5.41, 5.74) is 0.301. The minimum absolute atomic E-state index is 0.0788. The number of hydrogen-bond donors (Lipinski definition) is 4. The lowest BCUT2D eigenvalue weighted by atomic mass is 10.0. The number of alkyl carbamates (subject to hydrolysis) is 1. The normalized spacial score (nSPS) is 13.1. The Bertz CT molecular complexity index is 806. The van der Waals surface area contributed by atoms with Crippen molar-refractivity contribution in [2.45, 2.75) is 78.5 Å². The first-order valence-corrected chi connectivity index (χ1v) is 11.4. The number of carbonyl (C=O) groups excluding carboxylic acids is 3. The number of aryl methyl sites for hydroxylation is 1. The fraction of sp³-hybridized carbons (Fsp3) is 0.625. The number of nitrogens with zero attached hydrogens (tertiary/aromatic N) is 1. The van der Waals surface area contributed by atoms with Crippen molar-refractivity contribution < 1.29 is 29.3 Å². The highest BCUT2D eigenvalue weighted by Crippen LogP contribution is 2.27. The van der Waals surface area contributed by atoms with E-state index < -0.39 is 36.3 Å². The SMILES string of the molecule is CCCCCNC(=O)C(c1ccc(O)c(C)c1)N(CC)C(=O)C(CO)NC(=O)OC(C)(C)C. The van der Waals surface area contributed by atoms with E-state index in [0.29, 0.717) is 17.7 Å². The monoisotopic (exact) mass is 465 g/mol. The maximum absolute atomic E-state index is 13.3. The van der Waals surface area contributed by atoms with Gasteiger partial charge >= 0.3 is 6.09 Å². The van der Waals surface area contributed by atoms with Crippen LogP contribution in [0.1, 0.15) is 71.0 Å². The third kappa shape index (κ3) is 8.92. The summed E-state index contributed by atoms with van der Waals surface area (Å²) in [6, 6.07) is 2.43. The fourth-order valence-corrected chi connectivity index (χ4v) is 3.31. The quantitative estimate of drug-likeness (QED) is 0.372. The Labute approximate surface area is 196 Å². The number of phenols is 1. The van der Waals surface area contributed by atoms with Gasteiger partial charge in [-0.1, -0.05) is 25.8 Å². The summed E-state index contributed by atoms with van der Waals surface area (Å²) in [5.74, 6) is -0.916. The van der Waals surface area contributed by atoms with E-state index in [4.69, 9.17) is 4.74 Å². The molecule has 4 N–H and O–H groups in total. The molecule has 33 heavy (non-hydrogen) atoms.